The van der Waals surface area contributed by atoms with E-state index in [0.29, 0.717) is 11.2 Å². The second-order valence-electron chi connectivity index (χ2n) is 4.92. The molecule has 0 spiro atoms. The van der Waals surface area contributed by atoms with Crippen LogP contribution >= 0.6 is 0 Å². The number of carboxylic acid groups (broad SMARTS) is 1. The van der Waals surface area contributed by atoms with Crippen LogP contribution in [0.3, 0.4) is 0 Å². The van der Waals surface area contributed by atoms with Gasteiger partial charge in [-0.05, 0) is 27.2 Å². The predicted octanol–water partition coefficient (Wildman–Crippen LogP) is 1.42. The van der Waals surface area contributed by atoms with Gasteiger partial charge in [0.25, 0.3) is 0 Å². The molecule has 0 fully saturated rings. The Labute approximate surface area is 116 Å². The molecular formula is C12H19NO7. The molecule has 0 rings (SSSR count). The van der Waals surface area contributed by atoms with E-state index in [1.165, 1.54) is 0 Å². The maximum Gasteiger partial charge on any atom is 0.420 e. The van der Waals surface area contributed by atoms with Gasteiger partial charge in [0, 0.05) is 6.42 Å². The smallest absolute Gasteiger partial charge is 0.420 e. The number of aldehydes is 1. The zero-order chi connectivity index (χ0) is 15.9. The van der Waals surface area contributed by atoms with E-state index in [1.54, 1.807) is 20.8 Å². The number of aliphatic carboxylic acids is 1. The maximum atomic E-state index is 11.9. The fourth-order valence-corrected chi connectivity index (χ4v) is 1.33. The standard InChI is InChI=1S/C12H19NO7/c1-12(2,3)20-11(18)13(10(17)19-4)8(9(15)16)6-5-7-14/h7-8H,5-6H2,1-4H3,(H,15,16)/t8-/m0/s1. The summed E-state index contributed by atoms with van der Waals surface area (Å²) in [5, 5.41) is 9.09. The Morgan fingerprint density at radius 3 is 2.15 bits per heavy atom. The van der Waals surface area contributed by atoms with E-state index in [0.717, 1.165) is 7.11 Å². The number of carboxylic acids is 1. The molecule has 0 unspecified atom stereocenters. The van der Waals surface area contributed by atoms with Crippen LogP contribution in [0.2, 0.25) is 0 Å². The van der Waals surface area contributed by atoms with Crippen molar-refractivity contribution in [2.45, 2.75) is 45.3 Å². The highest BCUT2D eigenvalue weighted by atomic mass is 16.6. The fraction of sp³-hybridized carbons (Fsp3) is 0.667. The average molecular weight is 289 g/mol. The van der Waals surface area contributed by atoms with Crippen molar-refractivity contribution in [2.75, 3.05) is 7.11 Å². The Bertz CT molecular complexity index is 386. The summed E-state index contributed by atoms with van der Waals surface area (Å²) in [5.41, 5.74) is -0.906. The van der Waals surface area contributed by atoms with Gasteiger partial charge in [0.05, 0.1) is 7.11 Å². The van der Waals surface area contributed by atoms with Crippen LogP contribution in [-0.4, -0.2) is 53.2 Å². The zero-order valence-corrected chi connectivity index (χ0v) is 11.9. The van der Waals surface area contributed by atoms with E-state index in [1.807, 2.05) is 0 Å². The lowest BCUT2D eigenvalue weighted by Gasteiger charge is -2.28. The Kier molecular flexibility index (Phi) is 6.67. The number of carbonyl (C=O) groups is 4. The Morgan fingerprint density at radius 2 is 1.80 bits per heavy atom. The average Bonchev–Trinajstić information content (AvgIpc) is 2.30. The summed E-state index contributed by atoms with van der Waals surface area (Å²) in [7, 11) is 1.01. The van der Waals surface area contributed by atoms with E-state index in [4.69, 9.17) is 9.84 Å². The topological polar surface area (TPSA) is 110 Å². The van der Waals surface area contributed by atoms with E-state index < -0.39 is 29.8 Å². The molecule has 0 aliphatic rings. The highest BCUT2D eigenvalue weighted by Gasteiger charge is 2.38. The fourth-order valence-electron chi connectivity index (χ4n) is 1.33. The van der Waals surface area contributed by atoms with Gasteiger partial charge in [0.15, 0.2) is 0 Å². The largest absolute Gasteiger partial charge is 0.480 e. The number of ether oxygens (including phenoxy) is 2. The van der Waals surface area contributed by atoms with Gasteiger partial charge in [-0.15, -0.1) is 0 Å². The number of hydrogen-bond donors (Lipinski definition) is 1. The monoisotopic (exact) mass is 289 g/mol. The summed E-state index contributed by atoms with van der Waals surface area (Å²) in [6, 6.07) is -1.53. The Hall–Kier alpha value is -2.12. The molecule has 8 heteroatoms. The molecule has 1 atom stereocenters. The Morgan fingerprint density at radius 1 is 1.25 bits per heavy atom. The van der Waals surface area contributed by atoms with Crippen LogP contribution in [0.5, 0.6) is 0 Å². The molecule has 20 heavy (non-hydrogen) atoms. The number of hydrogen-bond acceptors (Lipinski definition) is 6. The van der Waals surface area contributed by atoms with Gasteiger partial charge in [0.1, 0.15) is 17.9 Å². The molecule has 2 amide bonds. The minimum absolute atomic E-state index is 0.118. The minimum atomic E-state index is -1.53. The summed E-state index contributed by atoms with van der Waals surface area (Å²) >= 11 is 0. The summed E-state index contributed by atoms with van der Waals surface area (Å²) in [4.78, 5) is 45.4. The quantitative estimate of drug-likeness (QED) is 0.762. The molecular weight excluding hydrogens is 270 g/mol. The summed E-state index contributed by atoms with van der Waals surface area (Å²) in [6.45, 7) is 4.71. The van der Waals surface area contributed by atoms with E-state index in [2.05, 4.69) is 4.74 Å². The third kappa shape index (κ3) is 5.68. The molecule has 0 aromatic rings. The van der Waals surface area contributed by atoms with Gasteiger partial charge in [-0.2, -0.15) is 4.90 Å². The number of rotatable bonds is 5. The first-order chi connectivity index (χ1) is 9.14. The van der Waals surface area contributed by atoms with Crippen LogP contribution in [0.4, 0.5) is 9.59 Å². The van der Waals surface area contributed by atoms with Gasteiger partial charge < -0.3 is 19.4 Å². The molecule has 114 valence electrons. The van der Waals surface area contributed by atoms with Crippen LogP contribution < -0.4 is 0 Å². The van der Waals surface area contributed by atoms with Gasteiger partial charge in [-0.3, -0.25) is 0 Å². The van der Waals surface area contributed by atoms with Crippen molar-refractivity contribution in [3.63, 3.8) is 0 Å². The molecule has 0 heterocycles. The lowest BCUT2D eigenvalue weighted by atomic mass is 10.1. The van der Waals surface area contributed by atoms with Crippen molar-refractivity contribution in [1.29, 1.82) is 0 Å². The van der Waals surface area contributed by atoms with Crippen molar-refractivity contribution >= 4 is 24.4 Å². The first-order valence-corrected chi connectivity index (χ1v) is 5.90. The lowest BCUT2D eigenvalue weighted by molar-refractivity contribution is -0.142. The molecule has 0 saturated heterocycles. The number of nitrogens with zero attached hydrogens (tertiary/aromatic N) is 1. The summed E-state index contributed by atoms with van der Waals surface area (Å²) in [5.74, 6) is -1.43. The van der Waals surface area contributed by atoms with Crippen LogP contribution in [-0.2, 0) is 19.1 Å². The molecule has 0 radical (unpaired) electrons. The van der Waals surface area contributed by atoms with E-state index in [-0.39, 0.29) is 12.8 Å². The molecule has 0 aromatic carbocycles. The molecule has 0 bridgehead atoms. The SMILES string of the molecule is COC(=O)N(C(=O)OC(C)(C)C)[C@@H](CCC=O)C(=O)O. The van der Waals surface area contributed by atoms with Crippen molar-refractivity contribution < 1.29 is 33.8 Å². The molecule has 1 N–H and O–H groups in total. The van der Waals surface area contributed by atoms with Crippen LogP contribution in [0.1, 0.15) is 33.6 Å². The van der Waals surface area contributed by atoms with Crippen LogP contribution in [0.25, 0.3) is 0 Å². The number of methoxy groups -OCH3 is 1. The number of carbonyl (C=O) groups excluding carboxylic acids is 3. The maximum absolute atomic E-state index is 11.9. The molecule has 8 nitrogen and oxygen atoms in total. The highest BCUT2D eigenvalue weighted by molar-refractivity contribution is 5.93. The van der Waals surface area contributed by atoms with E-state index >= 15 is 0 Å². The summed E-state index contributed by atoms with van der Waals surface area (Å²) in [6.07, 6.45) is -2.12. The third-order valence-corrected chi connectivity index (χ3v) is 2.12. The normalized spacial score (nSPS) is 12.2. The highest BCUT2D eigenvalue weighted by Crippen LogP contribution is 2.16. The van der Waals surface area contributed by atoms with Crippen molar-refractivity contribution in [3.8, 4) is 0 Å². The first kappa shape index (κ1) is 17.9. The second kappa shape index (κ2) is 7.46. The first-order valence-electron chi connectivity index (χ1n) is 5.90. The number of amides is 2. The van der Waals surface area contributed by atoms with Crippen molar-refractivity contribution in [1.82, 2.24) is 4.90 Å². The van der Waals surface area contributed by atoms with Gasteiger partial charge in [-0.1, -0.05) is 0 Å². The van der Waals surface area contributed by atoms with Gasteiger partial charge >= 0.3 is 18.2 Å². The minimum Gasteiger partial charge on any atom is -0.480 e. The Balaban J connectivity index is 5.29. The predicted molar refractivity (Wildman–Crippen MR) is 67.2 cm³/mol. The molecule has 0 saturated carbocycles. The van der Waals surface area contributed by atoms with Crippen LogP contribution in [0, 0.1) is 0 Å². The third-order valence-electron chi connectivity index (χ3n) is 2.12. The van der Waals surface area contributed by atoms with Crippen LogP contribution in [0.15, 0.2) is 0 Å². The second-order valence-corrected chi connectivity index (χ2v) is 4.92. The molecule has 0 aliphatic heterocycles. The molecule has 0 aliphatic carbocycles. The lowest BCUT2D eigenvalue weighted by Crippen LogP contribution is -2.50. The van der Waals surface area contributed by atoms with Crippen molar-refractivity contribution in [2.24, 2.45) is 0 Å². The van der Waals surface area contributed by atoms with Gasteiger partial charge in [-0.25, -0.2) is 14.4 Å². The van der Waals surface area contributed by atoms with E-state index in [9.17, 15) is 19.2 Å². The number of imide groups is 1. The summed E-state index contributed by atoms with van der Waals surface area (Å²) < 4.78 is 9.36. The molecule has 0 aromatic heterocycles. The zero-order valence-electron chi connectivity index (χ0n) is 11.9. The van der Waals surface area contributed by atoms with Crippen molar-refractivity contribution in [3.05, 3.63) is 0 Å². The van der Waals surface area contributed by atoms with Gasteiger partial charge in [0.2, 0.25) is 0 Å².